The van der Waals surface area contributed by atoms with Crippen LogP contribution >= 0.6 is 0 Å². The lowest BCUT2D eigenvalue weighted by Crippen LogP contribution is -2.06. The molecule has 0 aliphatic carbocycles. The third kappa shape index (κ3) is 6.83. The van der Waals surface area contributed by atoms with Crippen LogP contribution in [0.2, 0.25) is 0 Å². The fourth-order valence-electron chi connectivity index (χ4n) is 4.84. The molecule has 0 aliphatic heterocycles. The summed E-state index contributed by atoms with van der Waals surface area (Å²) in [7, 11) is 0. The summed E-state index contributed by atoms with van der Waals surface area (Å²) in [5, 5.41) is 0. The summed E-state index contributed by atoms with van der Waals surface area (Å²) < 4.78 is 0. The van der Waals surface area contributed by atoms with Crippen LogP contribution in [-0.2, 0) is 0 Å². The van der Waals surface area contributed by atoms with Crippen LogP contribution in [0.15, 0.2) is 72.8 Å². The zero-order valence-electron chi connectivity index (χ0n) is 20.7. The monoisotopic (exact) mass is 426 g/mol. The van der Waals surface area contributed by atoms with E-state index in [0.29, 0.717) is 11.8 Å². The van der Waals surface area contributed by atoms with Crippen LogP contribution in [0.1, 0.15) is 110 Å². The van der Waals surface area contributed by atoms with Gasteiger partial charge in [0.05, 0.1) is 0 Å². The molecule has 2 atom stereocenters. The minimum Gasteiger partial charge on any atom is -0.0654 e. The van der Waals surface area contributed by atoms with Crippen LogP contribution in [0.5, 0.6) is 0 Å². The van der Waals surface area contributed by atoms with E-state index in [9.17, 15) is 0 Å². The highest BCUT2D eigenvalue weighted by atomic mass is 14.2. The Bertz CT molecular complexity index is 842. The van der Waals surface area contributed by atoms with Gasteiger partial charge in [0.25, 0.3) is 0 Å². The van der Waals surface area contributed by atoms with Crippen LogP contribution in [0.4, 0.5) is 0 Å². The Balaban J connectivity index is 1.94. The molecular weight excluding hydrogens is 384 g/mol. The highest BCUT2D eigenvalue weighted by molar-refractivity contribution is 5.40. The van der Waals surface area contributed by atoms with Crippen molar-refractivity contribution in [1.29, 1.82) is 0 Å². The van der Waals surface area contributed by atoms with E-state index in [4.69, 9.17) is 0 Å². The van der Waals surface area contributed by atoms with Crippen LogP contribution in [0, 0.1) is 13.8 Å². The molecule has 3 aromatic rings. The van der Waals surface area contributed by atoms with Crippen molar-refractivity contribution < 1.29 is 0 Å². The second-order valence-corrected chi connectivity index (χ2v) is 9.59. The van der Waals surface area contributed by atoms with Crippen LogP contribution in [0.3, 0.4) is 0 Å². The van der Waals surface area contributed by atoms with Gasteiger partial charge in [-0.2, -0.15) is 0 Å². The van der Waals surface area contributed by atoms with Gasteiger partial charge in [0.2, 0.25) is 0 Å². The molecule has 2 unspecified atom stereocenters. The highest BCUT2D eigenvalue weighted by Gasteiger charge is 2.18. The van der Waals surface area contributed by atoms with Gasteiger partial charge >= 0.3 is 0 Å². The molecule has 0 bridgehead atoms. The molecule has 0 heteroatoms. The van der Waals surface area contributed by atoms with E-state index in [1.807, 2.05) is 0 Å². The van der Waals surface area contributed by atoms with Crippen molar-refractivity contribution in [2.24, 2.45) is 0 Å². The zero-order chi connectivity index (χ0) is 22.8. The summed E-state index contributed by atoms with van der Waals surface area (Å²) in [5.41, 5.74) is 8.56. The Hall–Kier alpha value is -2.34. The normalized spacial score (nSPS) is 13.1. The average Bonchev–Trinajstić information content (AvgIpc) is 2.81. The van der Waals surface area contributed by atoms with Crippen molar-refractivity contribution in [1.82, 2.24) is 0 Å². The van der Waals surface area contributed by atoms with E-state index in [1.54, 1.807) is 0 Å². The molecule has 0 saturated heterocycles. The van der Waals surface area contributed by atoms with Crippen molar-refractivity contribution in [2.75, 3.05) is 0 Å². The number of rotatable bonds is 12. The van der Waals surface area contributed by atoms with Gasteiger partial charge < -0.3 is 0 Å². The van der Waals surface area contributed by atoms with E-state index in [-0.39, 0.29) is 0 Å². The Labute approximate surface area is 197 Å². The van der Waals surface area contributed by atoms with Crippen molar-refractivity contribution in [3.63, 3.8) is 0 Å². The van der Waals surface area contributed by atoms with Gasteiger partial charge in [-0.25, -0.2) is 0 Å². The molecule has 0 nitrogen and oxygen atoms in total. The lowest BCUT2D eigenvalue weighted by atomic mass is 9.82. The molecule has 0 aromatic heterocycles. The van der Waals surface area contributed by atoms with Crippen molar-refractivity contribution in [3.05, 3.63) is 106 Å². The van der Waals surface area contributed by atoms with Gasteiger partial charge in [-0.15, -0.1) is 0 Å². The molecule has 0 amide bonds. The number of hydrogen-bond donors (Lipinski definition) is 0. The summed E-state index contributed by atoms with van der Waals surface area (Å²) in [6.07, 6.45) is 10.2. The SMILES string of the molecule is CCCCCC(c1ccc(C)cc1)c1cccc(C(CCCCC)c2ccc(C)cc2)c1. The van der Waals surface area contributed by atoms with Gasteiger partial charge in [-0.05, 0) is 48.9 Å². The maximum Gasteiger partial charge on any atom is 0.00894 e. The first-order chi connectivity index (χ1) is 15.6. The van der Waals surface area contributed by atoms with E-state index >= 15 is 0 Å². The average molecular weight is 427 g/mol. The third-order valence-corrected chi connectivity index (χ3v) is 6.87. The largest absolute Gasteiger partial charge is 0.0654 e. The Kier molecular flexibility index (Phi) is 9.60. The number of aryl methyl sites for hydroxylation is 2. The summed E-state index contributed by atoms with van der Waals surface area (Å²) in [6, 6.07) is 28.0. The van der Waals surface area contributed by atoms with Crippen LogP contribution in [-0.4, -0.2) is 0 Å². The second kappa shape index (κ2) is 12.6. The fourth-order valence-corrected chi connectivity index (χ4v) is 4.84. The first kappa shape index (κ1) is 24.3. The molecule has 0 heterocycles. The topological polar surface area (TPSA) is 0 Å². The fraction of sp³-hybridized carbons (Fsp3) is 0.438. The Morgan fingerprint density at radius 3 is 1.28 bits per heavy atom. The predicted octanol–water partition coefficient (Wildman–Crippen LogP) is 9.73. The number of unbranched alkanes of at least 4 members (excludes halogenated alkanes) is 4. The molecule has 0 fully saturated rings. The number of hydrogen-bond acceptors (Lipinski definition) is 0. The molecule has 170 valence electrons. The summed E-state index contributed by atoms with van der Waals surface area (Å²) in [4.78, 5) is 0. The second-order valence-electron chi connectivity index (χ2n) is 9.59. The van der Waals surface area contributed by atoms with Gasteiger partial charge in [-0.1, -0.05) is 136 Å². The lowest BCUT2D eigenvalue weighted by molar-refractivity contribution is 0.609. The minimum absolute atomic E-state index is 0.483. The molecule has 0 N–H and O–H groups in total. The Morgan fingerprint density at radius 2 is 0.906 bits per heavy atom. The summed E-state index contributed by atoms with van der Waals surface area (Å²) >= 11 is 0. The summed E-state index contributed by atoms with van der Waals surface area (Å²) in [6.45, 7) is 8.95. The Morgan fingerprint density at radius 1 is 0.500 bits per heavy atom. The molecule has 3 rings (SSSR count). The van der Waals surface area contributed by atoms with E-state index < -0.39 is 0 Å². The van der Waals surface area contributed by atoms with E-state index in [2.05, 4.69) is 100 Å². The molecule has 3 aromatic carbocycles. The van der Waals surface area contributed by atoms with Crippen molar-refractivity contribution in [3.8, 4) is 0 Å². The van der Waals surface area contributed by atoms with E-state index in [0.717, 1.165) is 0 Å². The maximum atomic E-state index is 2.52. The zero-order valence-corrected chi connectivity index (χ0v) is 20.7. The third-order valence-electron chi connectivity index (χ3n) is 6.87. The molecule has 0 spiro atoms. The molecule has 32 heavy (non-hydrogen) atoms. The van der Waals surface area contributed by atoms with Gasteiger partial charge in [-0.3, -0.25) is 0 Å². The van der Waals surface area contributed by atoms with Gasteiger partial charge in [0.15, 0.2) is 0 Å². The van der Waals surface area contributed by atoms with Gasteiger partial charge in [0, 0.05) is 11.8 Å². The van der Waals surface area contributed by atoms with Crippen molar-refractivity contribution in [2.45, 2.75) is 90.9 Å². The summed E-state index contributed by atoms with van der Waals surface area (Å²) in [5.74, 6) is 0.966. The molecular formula is C32H42. The molecule has 0 radical (unpaired) electrons. The lowest BCUT2D eigenvalue weighted by Gasteiger charge is -2.23. The molecule has 0 aliphatic rings. The minimum atomic E-state index is 0.483. The first-order valence-corrected chi connectivity index (χ1v) is 12.8. The number of benzene rings is 3. The smallest absolute Gasteiger partial charge is 0.00894 e. The van der Waals surface area contributed by atoms with E-state index in [1.165, 1.54) is 84.7 Å². The molecule has 0 saturated carbocycles. The maximum absolute atomic E-state index is 2.52. The quantitative estimate of drug-likeness (QED) is 0.253. The van der Waals surface area contributed by atoms with Gasteiger partial charge in [0.1, 0.15) is 0 Å². The predicted molar refractivity (Wildman–Crippen MR) is 141 cm³/mol. The van der Waals surface area contributed by atoms with Crippen LogP contribution in [0.25, 0.3) is 0 Å². The standard InChI is InChI=1S/C32H42/c1-5-7-9-14-31(27-20-16-25(3)17-21-27)29-12-11-13-30(24-29)32(15-10-8-6-2)28-22-18-26(4)19-23-28/h11-13,16-24,31-32H,5-10,14-15H2,1-4H3. The highest BCUT2D eigenvalue weighted by Crippen LogP contribution is 2.35. The van der Waals surface area contributed by atoms with Crippen LogP contribution < -0.4 is 0 Å². The first-order valence-electron chi connectivity index (χ1n) is 12.8. The van der Waals surface area contributed by atoms with Crippen molar-refractivity contribution >= 4 is 0 Å².